The third-order valence-electron chi connectivity index (χ3n) is 7.76. The number of thioether (sulfide) groups is 1. The molecule has 2 saturated heterocycles. The maximum Gasteiger partial charge on any atom is 0.270 e. The summed E-state index contributed by atoms with van der Waals surface area (Å²) in [7, 11) is 3.19. The molecular weight excluding hydrogens is 556 g/mol. The lowest BCUT2D eigenvalue weighted by molar-refractivity contribution is -0.122. The molecule has 0 N–H and O–H groups in total. The van der Waals surface area contributed by atoms with E-state index in [4.69, 9.17) is 21.7 Å². The van der Waals surface area contributed by atoms with Gasteiger partial charge in [0.05, 0.1) is 19.1 Å². The Balaban J connectivity index is 1.71. The Morgan fingerprint density at radius 1 is 1.20 bits per heavy atom. The van der Waals surface area contributed by atoms with Crippen molar-refractivity contribution in [1.29, 1.82) is 5.26 Å². The van der Waals surface area contributed by atoms with Crippen molar-refractivity contribution in [3.8, 4) is 17.6 Å². The molecular formula is C31H38N4O4S2. The van der Waals surface area contributed by atoms with Crippen LogP contribution in [0, 0.1) is 24.2 Å². The van der Waals surface area contributed by atoms with E-state index in [2.05, 4.69) is 24.8 Å². The molecule has 3 heterocycles. The number of hydrogen-bond acceptors (Lipinski definition) is 8. The van der Waals surface area contributed by atoms with Gasteiger partial charge in [-0.2, -0.15) is 5.26 Å². The first-order valence-electron chi connectivity index (χ1n) is 14.1. The normalized spacial score (nSPS) is 18.2. The van der Waals surface area contributed by atoms with Gasteiger partial charge < -0.3 is 14.4 Å². The quantitative estimate of drug-likeness (QED) is 0.262. The van der Waals surface area contributed by atoms with Crippen LogP contribution in [0.2, 0.25) is 0 Å². The van der Waals surface area contributed by atoms with Crippen molar-refractivity contribution in [2.75, 3.05) is 38.8 Å². The molecule has 1 aromatic heterocycles. The second kappa shape index (κ2) is 13.6. The number of amides is 1. The Labute approximate surface area is 251 Å². The molecule has 0 bridgehead atoms. The van der Waals surface area contributed by atoms with E-state index in [-0.39, 0.29) is 17.0 Å². The fourth-order valence-corrected chi connectivity index (χ4v) is 6.78. The Bertz CT molecular complexity index is 1460. The minimum atomic E-state index is -0.258. The summed E-state index contributed by atoms with van der Waals surface area (Å²) < 4.78 is 13.0. The van der Waals surface area contributed by atoms with Gasteiger partial charge in [-0.25, -0.2) is 0 Å². The van der Waals surface area contributed by atoms with Gasteiger partial charge in [-0.15, -0.1) is 0 Å². The van der Waals surface area contributed by atoms with Crippen molar-refractivity contribution < 1.29 is 14.3 Å². The van der Waals surface area contributed by atoms with Crippen LogP contribution in [0.15, 0.2) is 27.9 Å². The lowest BCUT2D eigenvalue weighted by Crippen LogP contribution is -2.40. The molecule has 2 aliphatic rings. The van der Waals surface area contributed by atoms with Crippen LogP contribution in [0.5, 0.6) is 11.5 Å². The van der Waals surface area contributed by atoms with E-state index in [1.165, 1.54) is 11.8 Å². The molecule has 0 saturated carbocycles. The number of carbonyl (C=O) groups is 1. The van der Waals surface area contributed by atoms with Crippen molar-refractivity contribution in [2.24, 2.45) is 5.92 Å². The molecule has 2 fully saturated rings. The monoisotopic (exact) mass is 594 g/mol. The van der Waals surface area contributed by atoms with E-state index in [1.54, 1.807) is 23.7 Å². The second-order valence-corrected chi connectivity index (χ2v) is 12.3. The van der Waals surface area contributed by atoms with Crippen LogP contribution in [-0.4, -0.2) is 53.5 Å². The maximum atomic E-state index is 13.7. The first-order chi connectivity index (χ1) is 19.7. The number of methoxy groups -OCH3 is 2. The van der Waals surface area contributed by atoms with Gasteiger partial charge in [0.2, 0.25) is 0 Å². The molecule has 218 valence electrons. The average Bonchev–Trinajstić information content (AvgIpc) is 3.23. The maximum absolute atomic E-state index is 13.7. The second-order valence-electron chi connectivity index (χ2n) is 10.6. The number of hydrogen-bond donors (Lipinski definition) is 0. The van der Waals surface area contributed by atoms with E-state index in [0.717, 1.165) is 55.7 Å². The largest absolute Gasteiger partial charge is 0.493 e. The van der Waals surface area contributed by atoms with Crippen LogP contribution in [-0.2, 0) is 17.8 Å². The molecule has 1 amide bonds. The van der Waals surface area contributed by atoms with Gasteiger partial charge in [-0.1, -0.05) is 50.3 Å². The van der Waals surface area contributed by atoms with Crippen molar-refractivity contribution >= 4 is 46.1 Å². The molecule has 1 aromatic carbocycles. The van der Waals surface area contributed by atoms with E-state index < -0.39 is 0 Å². The number of nitrogens with zero attached hydrogens (tertiary/aromatic N) is 4. The van der Waals surface area contributed by atoms with Crippen LogP contribution >= 0.6 is 24.0 Å². The lowest BCUT2D eigenvalue weighted by Gasteiger charge is -2.36. The molecule has 10 heteroatoms. The predicted octanol–water partition coefficient (Wildman–Crippen LogP) is 5.53. The summed E-state index contributed by atoms with van der Waals surface area (Å²) in [6.07, 6.45) is 6.35. The SMILES string of the molecule is CCCCn1c(N2CCCC(C)C2)c(C=C2SC(=S)N(CCc3ccc(OC)c(OC)c3)C2=O)c(C)c(C#N)c1=O. The van der Waals surface area contributed by atoms with Crippen molar-refractivity contribution in [1.82, 2.24) is 9.47 Å². The van der Waals surface area contributed by atoms with Crippen molar-refractivity contribution in [2.45, 2.75) is 59.4 Å². The molecule has 1 atom stereocenters. The summed E-state index contributed by atoms with van der Waals surface area (Å²) in [6.45, 7) is 8.72. The number of aromatic nitrogens is 1. The fourth-order valence-electron chi connectivity index (χ4n) is 5.49. The Morgan fingerprint density at radius 2 is 1.95 bits per heavy atom. The summed E-state index contributed by atoms with van der Waals surface area (Å²) in [5.74, 6) is 2.41. The average molecular weight is 595 g/mol. The Kier molecular flexibility index (Phi) is 10.2. The minimum absolute atomic E-state index is 0.130. The van der Waals surface area contributed by atoms with Crippen LogP contribution in [0.4, 0.5) is 5.82 Å². The van der Waals surface area contributed by atoms with E-state index >= 15 is 0 Å². The summed E-state index contributed by atoms with van der Waals surface area (Å²) in [4.78, 5) is 31.6. The number of piperidine rings is 1. The van der Waals surface area contributed by atoms with Crippen molar-refractivity contribution in [3.63, 3.8) is 0 Å². The highest BCUT2D eigenvalue weighted by atomic mass is 32.2. The third kappa shape index (κ3) is 6.47. The highest BCUT2D eigenvalue weighted by Gasteiger charge is 2.33. The summed E-state index contributed by atoms with van der Waals surface area (Å²) >= 11 is 6.90. The van der Waals surface area contributed by atoms with Crippen LogP contribution in [0.3, 0.4) is 0 Å². The molecule has 4 rings (SSSR count). The molecule has 0 spiro atoms. The van der Waals surface area contributed by atoms with Gasteiger partial charge >= 0.3 is 0 Å². The smallest absolute Gasteiger partial charge is 0.270 e. The van der Waals surface area contributed by atoms with Crippen LogP contribution < -0.4 is 19.9 Å². The molecule has 0 aliphatic carbocycles. The Hall–Kier alpha value is -3.29. The molecule has 41 heavy (non-hydrogen) atoms. The zero-order chi connectivity index (χ0) is 29.7. The van der Waals surface area contributed by atoms with E-state index in [0.29, 0.717) is 51.7 Å². The van der Waals surface area contributed by atoms with E-state index in [1.807, 2.05) is 31.2 Å². The van der Waals surface area contributed by atoms with Gasteiger partial charge in [-0.05, 0) is 67.9 Å². The van der Waals surface area contributed by atoms with Crippen LogP contribution in [0.25, 0.3) is 6.08 Å². The van der Waals surface area contributed by atoms with Gasteiger partial charge in [0, 0.05) is 31.7 Å². The summed E-state index contributed by atoms with van der Waals surface area (Å²) in [5, 5.41) is 9.95. The predicted molar refractivity (Wildman–Crippen MR) is 169 cm³/mol. The summed E-state index contributed by atoms with van der Waals surface area (Å²) in [5.41, 5.74) is 2.23. The lowest BCUT2D eigenvalue weighted by atomic mass is 9.98. The van der Waals surface area contributed by atoms with Gasteiger partial charge in [0.15, 0.2) is 11.5 Å². The van der Waals surface area contributed by atoms with Crippen LogP contribution in [0.1, 0.15) is 61.8 Å². The first-order valence-corrected chi connectivity index (χ1v) is 15.3. The zero-order valence-corrected chi connectivity index (χ0v) is 26.1. The molecule has 2 aliphatic heterocycles. The minimum Gasteiger partial charge on any atom is -0.493 e. The van der Waals surface area contributed by atoms with Crippen molar-refractivity contribution in [3.05, 3.63) is 55.7 Å². The van der Waals surface area contributed by atoms with E-state index in [9.17, 15) is 14.9 Å². The number of benzene rings is 1. The number of unbranched alkanes of at least 4 members (excludes halogenated alkanes) is 1. The van der Waals surface area contributed by atoms with Gasteiger partial charge in [0.1, 0.15) is 21.8 Å². The number of nitriles is 1. The number of anilines is 1. The number of thiocarbonyl (C=S) groups is 1. The number of pyridine rings is 1. The highest BCUT2D eigenvalue weighted by Crippen LogP contribution is 2.37. The number of ether oxygens (including phenoxy) is 2. The highest BCUT2D eigenvalue weighted by molar-refractivity contribution is 8.26. The zero-order valence-electron chi connectivity index (χ0n) is 24.5. The standard InChI is InChI=1S/C31H38N4O4S2/c1-6-7-14-34-28(33-13-8-9-20(2)19-33)23(21(3)24(18-32)29(34)36)17-27-30(37)35(31(40)41-27)15-12-22-10-11-25(38-4)26(16-22)39-5/h10-11,16-17,20H,6-9,12-15,19H2,1-5H3. The number of carbonyl (C=O) groups excluding carboxylic acids is 1. The molecule has 1 unspecified atom stereocenters. The van der Waals surface area contributed by atoms with Gasteiger partial charge in [0.25, 0.3) is 11.5 Å². The summed E-state index contributed by atoms with van der Waals surface area (Å²) in [6, 6.07) is 7.85. The molecule has 2 aromatic rings. The third-order valence-corrected chi connectivity index (χ3v) is 9.14. The topological polar surface area (TPSA) is 87.8 Å². The number of rotatable bonds is 10. The molecule has 0 radical (unpaired) electrons. The van der Waals surface area contributed by atoms with Gasteiger partial charge in [-0.3, -0.25) is 19.1 Å². The first kappa shape index (κ1) is 30.7. The Morgan fingerprint density at radius 3 is 2.61 bits per heavy atom. The fraction of sp³-hybridized carbons (Fsp3) is 0.484. The molecule has 8 nitrogen and oxygen atoms in total.